The van der Waals surface area contributed by atoms with Gasteiger partial charge in [-0.3, -0.25) is 19.0 Å². The third-order valence-electron chi connectivity index (χ3n) is 5.46. The van der Waals surface area contributed by atoms with Gasteiger partial charge in [0.2, 0.25) is 17.7 Å². The summed E-state index contributed by atoms with van der Waals surface area (Å²) in [4.78, 5) is 39.4. The summed E-state index contributed by atoms with van der Waals surface area (Å²) < 4.78 is 1.55. The third-order valence-corrected chi connectivity index (χ3v) is 5.46. The maximum absolute atomic E-state index is 13.1. The molecule has 2 amide bonds. The van der Waals surface area contributed by atoms with Crippen LogP contribution in [0.4, 0.5) is 5.69 Å². The normalized spacial score (nSPS) is 16.0. The summed E-state index contributed by atoms with van der Waals surface area (Å²) >= 11 is 0. The lowest BCUT2D eigenvalue weighted by Gasteiger charge is -2.24. The van der Waals surface area contributed by atoms with Crippen LogP contribution in [0.25, 0.3) is 10.9 Å². The first-order chi connectivity index (χ1) is 14.4. The standard InChI is InChI=1S/C23H23N3O4/c1-15(27)26-14-16(19-8-2-3-9-20(19)26)12-22(29)25-11-5-10-21(25)23(30)24-17-6-4-7-18(28)13-17/h2-4,6-9,13-14,21,28H,5,10-12H2,1H3,(H,24,30)/t21-/m0/s1. The van der Waals surface area contributed by atoms with Gasteiger partial charge in [0, 0.05) is 36.8 Å². The fourth-order valence-corrected chi connectivity index (χ4v) is 4.06. The minimum atomic E-state index is -0.555. The van der Waals surface area contributed by atoms with Gasteiger partial charge in [-0.25, -0.2) is 0 Å². The van der Waals surface area contributed by atoms with E-state index >= 15 is 0 Å². The fraction of sp³-hybridized carbons (Fsp3) is 0.261. The largest absolute Gasteiger partial charge is 0.508 e. The molecule has 2 N–H and O–H groups in total. The van der Waals surface area contributed by atoms with E-state index in [2.05, 4.69) is 5.32 Å². The Morgan fingerprint density at radius 2 is 1.93 bits per heavy atom. The van der Waals surface area contributed by atoms with E-state index in [1.54, 1.807) is 27.8 Å². The van der Waals surface area contributed by atoms with Crippen LogP contribution in [0.2, 0.25) is 0 Å². The molecule has 30 heavy (non-hydrogen) atoms. The number of aromatic nitrogens is 1. The third kappa shape index (κ3) is 3.78. The highest BCUT2D eigenvalue weighted by atomic mass is 16.3. The zero-order valence-corrected chi connectivity index (χ0v) is 16.7. The van der Waals surface area contributed by atoms with Crippen LogP contribution in [0.15, 0.2) is 54.7 Å². The average molecular weight is 405 g/mol. The molecule has 1 aliphatic rings. The number of carbonyl (C=O) groups excluding carboxylic acids is 3. The molecule has 2 heterocycles. The average Bonchev–Trinajstić information content (AvgIpc) is 3.34. The lowest BCUT2D eigenvalue weighted by atomic mass is 10.1. The van der Waals surface area contributed by atoms with Gasteiger partial charge in [0.05, 0.1) is 11.9 Å². The smallest absolute Gasteiger partial charge is 0.247 e. The van der Waals surface area contributed by atoms with Crippen molar-refractivity contribution in [2.45, 2.75) is 32.2 Å². The second kappa shape index (κ2) is 8.02. The van der Waals surface area contributed by atoms with Crippen LogP contribution in [0, 0.1) is 0 Å². The van der Waals surface area contributed by atoms with Gasteiger partial charge >= 0.3 is 0 Å². The predicted molar refractivity (Wildman–Crippen MR) is 113 cm³/mol. The van der Waals surface area contributed by atoms with Crippen molar-refractivity contribution < 1.29 is 19.5 Å². The Bertz CT molecular complexity index is 1130. The number of benzene rings is 2. The van der Waals surface area contributed by atoms with E-state index in [-0.39, 0.29) is 29.9 Å². The highest BCUT2D eigenvalue weighted by Gasteiger charge is 2.34. The van der Waals surface area contributed by atoms with Gasteiger partial charge in [-0.1, -0.05) is 24.3 Å². The molecule has 3 aromatic rings. The molecule has 0 saturated carbocycles. The van der Waals surface area contributed by atoms with Crippen LogP contribution < -0.4 is 5.32 Å². The molecular weight excluding hydrogens is 382 g/mol. The minimum absolute atomic E-state index is 0.0639. The van der Waals surface area contributed by atoms with Crippen molar-refractivity contribution in [1.82, 2.24) is 9.47 Å². The van der Waals surface area contributed by atoms with E-state index in [1.165, 1.54) is 19.1 Å². The number of fused-ring (bicyclic) bond motifs is 1. The first-order valence-electron chi connectivity index (χ1n) is 9.93. The number of phenolic OH excluding ortho intramolecular Hbond substituents is 1. The Hall–Kier alpha value is -3.61. The second-order valence-corrected chi connectivity index (χ2v) is 7.52. The molecule has 4 rings (SSSR count). The Kier molecular flexibility index (Phi) is 5.27. The number of hydrogen-bond acceptors (Lipinski definition) is 4. The quantitative estimate of drug-likeness (QED) is 0.697. The van der Waals surface area contributed by atoms with Gasteiger partial charge in [0.25, 0.3) is 0 Å². The summed E-state index contributed by atoms with van der Waals surface area (Å²) in [6, 6.07) is 13.3. The van der Waals surface area contributed by atoms with Crippen LogP contribution in [0.3, 0.4) is 0 Å². The highest BCUT2D eigenvalue weighted by Crippen LogP contribution is 2.25. The first-order valence-corrected chi connectivity index (χ1v) is 9.93. The summed E-state index contributed by atoms with van der Waals surface area (Å²) in [5, 5.41) is 13.2. The summed E-state index contributed by atoms with van der Waals surface area (Å²) in [6.45, 7) is 2.00. The van der Waals surface area contributed by atoms with Crippen molar-refractivity contribution in [2.24, 2.45) is 0 Å². The number of para-hydroxylation sites is 1. The summed E-state index contributed by atoms with van der Waals surface area (Å²) in [6.07, 6.45) is 3.17. The molecule has 0 spiro atoms. The topological polar surface area (TPSA) is 91.6 Å². The molecule has 1 aliphatic heterocycles. The summed E-state index contributed by atoms with van der Waals surface area (Å²) in [5.41, 5.74) is 2.03. The Balaban J connectivity index is 1.52. The molecule has 0 unspecified atom stereocenters. The highest BCUT2D eigenvalue weighted by molar-refractivity contribution is 5.99. The monoisotopic (exact) mass is 405 g/mol. The van der Waals surface area contributed by atoms with E-state index in [0.717, 1.165) is 22.9 Å². The number of nitrogens with zero attached hydrogens (tertiary/aromatic N) is 2. The van der Waals surface area contributed by atoms with Crippen molar-refractivity contribution in [1.29, 1.82) is 0 Å². The Labute approximate surface area is 173 Å². The number of aromatic hydroxyl groups is 1. The van der Waals surface area contributed by atoms with E-state index in [9.17, 15) is 19.5 Å². The number of carbonyl (C=O) groups is 3. The van der Waals surface area contributed by atoms with Crippen molar-refractivity contribution in [3.8, 4) is 5.75 Å². The minimum Gasteiger partial charge on any atom is -0.508 e. The van der Waals surface area contributed by atoms with Crippen molar-refractivity contribution >= 4 is 34.3 Å². The Morgan fingerprint density at radius 3 is 2.70 bits per heavy atom. The van der Waals surface area contributed by atoms with Crippen molar-refractivity contribution in [3.05, 3.63) is 60.3 Å². The van der Waals surface area contributed by atoms with Crippen molar-refractivity contribution in [3.63, 3.8) is 0 Å². The molecule has 0 aliphatic carbocycles. The van der Waals surface area contributed by atoms with Crippen LogP contribution in [0.5, 0.6) is 5.75 Å². The molecule has 2 aromatic carbocycles. The van der Waals surface area contributed by atoms with E-state index in [0.29, 0.717) is 18.7 Å². The Morgan fingerprint density at radius 1 is 1.13 bits per heavy atom. The lowest BCUT2D eigenvalue weighted by molar-refractivity contribution is -0.136. The molecule has 1 atom stereocenters. The van der Waals surface area contributed by atoms with Crippen LogP contribution in [-0.2, 0) is 16.0 Å². The van der Waals surface area contributed by atoms with E-state index < -0.39 is 6.04 Å². The van der Waals surface area contributed by atoms with E-state index in [1.807, 2.05) is 24.3 Å². The number of amides is 2. The number of phenols is 1. The van der Waals surface area contributed by atoms with Crippen molar-refractivity contribution in [2.75, 3.05) is 11.9 Å². The molecular formula is C23H23N3O4. The number of anilines is 1. The van der Waals surface area contributed by atoms with Gasteiger partial charge in [-0.05, 0) is 36.6 Å². The molecule has 1 aromatic heterocycles. The van der Waals surface area contributed by atoms with Gasteiger partial charge in [-0.15, -0.1) is 0 Å². The van der Waals surface area contributed by atoms with Gasteiger partial charge in [-0.2, -0.15) is 0 Å². The van der Waals surface area contributed by atoms with Gasteiger partial charge < -0.3 is 15.3 Å². The zero-order chi connectivity index (χ0) is 21.3. The van der Waals surface area contributed by atoms with Gasteiger partial charge in [0.15, 0.2) is 0 Å². The number of rotatable bonds is 4. The summed E-state index contributed by atoms with van der Waals surface area (Å²) in [7, 11) is 0. The second-order valence-electron chi connectivity index (χ2n) is 7.52. The molecule has 0 radical (unpaired) electrons. The first kappa shape index (κ1) is 19.7. The lowest BCUT2D eigenvalue weighted by Crippen LogP contribution is -2.43. The maximum Gasteiger partial charge on any atom is 0.247 e. The predicted octanol–water partition coefficient (Wildman–Crippen LogP) is 3.18. The summed E-state index contributed by atoms with van der Waals surface area (Å²) in [5.74, 6) is -0.462. The SMILES string of the molecule is CC(=O)n1cc(CC(=O)N2CCC[C@H]2C(=O)Nc2cccc(O)c2)c2ccccc21. The van der Waals surface area contributed by atoms with Crippen LogP contribution >= 0.6 is 0 Å². The molecule has 0 bridgehead atoms. The molecule has 7 nitrogen and oxygen atoms in total. The molecule has 1 saturated heterocycles. The fourth-order valence-electron chi connectivity index (χ4n) is 4.06. The molecule has 1 fully saturated rings. The number of hydrogen-bond donors (Lipinski definition) is 2. The number of nitrogens with one attached hydrogen (secondary N) is 1. The van der Waals surface area contributed by atoms with Crippen LogP contribution in [-0.4, -0.2) is 44.9 Å². The van der Waals surface area contributed by atoms with E-state index in [4.69, 9.17) is 0 Å². The maximum atomic E-state index is 13.1. The van der Waals surface area contributed by atoms with Gasteiger partial charge in [0.1, 0.15) is 11.8 Å². The van der Waals surface area contributed by atoms with Crippen LogP contribution in [0.1, 0.15) is 30.1 Å². The zero-order valence-electron chi connectivity index (χ0n) is 16.7. The number of likely N-dealkylation sites (tertiary alicyclic amines) is 1. The molecule has 154 valence electrons. The molecule has 7 heteroatoms.